The van der Waals surface area contributed by atoms with Crippen LogP contribution in [0.2, 0.25) is 0 Å². The molecule has 1 aliphatic heterocycles. The summed E-state index contributed by atoms with van der Waals surface area (Å²) >= 11 is 3.43. The zero-order chi connectivity index (χ0) is 16.0. The molecule has 2 aromatic heterocycles. The molecular weight excluding hydrogens is 324 g/mol. The van der Waals surface area contributed by atoms with E-state index < -0.39 is 0 Å². The van der Waals surface area contributed by atoms with Crippen LogP contribution in [0.3, 0.4) is 0 Å². The van der Waals surface area contributed by atoms with Crippen molar-refractivity contribution in [3.8, 4) is 0 Å². The van der Waals surface area contributed by atoms with Crippen LogP contribution in [0.15, 0.2) is 30.3 Å². The van der Waals surface area contributed by atoms with Crippen molar-refractivity contribution < 1.29 is 4.79 Å². The Labute approximate surface area is 144 Å². The van der Waals surface area contributed by atoms with Gasteiger partial charge in [0.1, 0.15) is 0 Å². The number of hydrogen-bond acceptors (Lipinski definition) is 4. The lowest BCUT2D eigenvalue weighted by molar-refractivity contribution is 0.0600. The summed E-state index contributed by atoms with van der Waals surface area (Å²) in [7, 11) is 0. The van der Waals surface area contributed by atoms with E-state index in [1.54, 1.807) is 22.7 Å². The normalized spacial score (nSPS) is 16.7. The summed E-state index contributed by atoms with van der Waals surface area (Å²) in [6.07, 6.45) is 0. The first-order valence-electron chi connectivity index (χ1n) is 8.08. The van der Waals surface area contributed by atoms with Crippen LogP contribution in [0.5, 0.6) is 0 Å². The molecule has 1 fully saturated rings. The molecule has 4 rings (SSSR count). The number of fused-ring (bicyclic) bond motifs is 3. The Hall–Kier alpha value is -1.43. The fourth-order valence-electron chi connectivity index (χ4n) is 3.20. The van der Waals surface area contributed by atoms with E-state index in [-0.39, 0.29) is 5.91 Å². The molecule has 3 nitrogen and oxygen atoms in total. The van der Waals surface area contributed by atoms with Crippen molar-refractivity contribution in [3.05, 3.63) is 35.2 Å². The predicted octanol–water partition coefficient (Wildman–Crippen LogP) is 4.28. The molecule has 23 heavy (non-hydrogen) atoms. The number of nitrogens with zero attached hydrogens (tertiary/aromatic N) is 2. The summed E-state index contributed by atoms with van der Waals surface area (Å²) in [6, 6.07) is 11.1. The minimum Gasteiger partial charge on any atom is -0.335 e. The van der Waals surface area contributed by atoms with Crippen molar-refractivity contribution >= 4 is 48.1 Å². The first kappa shape index (κ1) is 15.1. The van der Waals surface area contributed by atoms with Gasteiger partial charge >= 0.3 is 0 Å². The smallest absolute Gasteiger partial charge is 0.264 e. The fraction of sp³-hybridized carbons (Fsp3) is 0.389. The van der Waals surface area contributed by atoms with Gasteiger partial charge < -0.3 is 4.90 Å². The molecule has 120 valence electrons. The van der Waals surface area contributed by atoms with E-state index in [0.717, 1.165) is 31.1 Å². The molecule has 0 saturated carbocycles. The summed E-state index contributed by atoms with van der Waals surface area (Å²) in [5.41, 5.74) is 0. The first-order valence-corrected chi connectivity index (χ1v) is 9.71. The number of thiophene rings is 2. The monoisotopic (exact) mass is 344 g/mol. The Kier molecular flexibility index (Phi) is 3.87. The fourth-order valence-corrected chi connectivity index (χ4v) is 5.69. The van der Waals surface area contributed by atoms with Gasteiger partial charge in [0.15, 0.2) is 0 Å². The van der Waals surface area contributed by atoms with Gasteiger partial charge in [-0.1, -0.05) is 18.2 Å². The maximum absolute atomic E-state index is 12.8. The molecule has 0 atom stereocenters. The molecule has 5 heteroatoms. The van der Waals surface area contributed by atoms with Crippen LogP contribution in [-0.4, -0.2) is 47.9 Å². The maximum atomic E-state index is 12.8. The maximum Gasteiger partial charge on any atom is 0.264 e. The highest BCUT2D eigenvalue weighted by atomic mass is 32.1. The summed E-state index contributed by atoms with van der Waals surface area (Å²) in [5.74, 6) is 0.200. The second-order valence-electron chi connectivity index (χ2n) is 6.32. The summed E-state index contributed by atoms with van der Waals surface area (Å²) in [4.78, 5) is 18.1. The average Bonchev–Trinajstić information content (AvgIpc) is 3.12. The molecule has 0 spiro atoms. The van der Waals surface area contributed by atoms with Gasteiger partial charge in [0, 0.05) is 47.0 Å². The van der Waals surface area contributed by atoms with Crippen LogP contribution in [0.25, 0.3) is 19.5 Å². The van der Waals surface area contributed by atoms with Crippen LogP contribution in [0, 0.1) is 0 Å². The van der Waals surface area contributed by atoms with Crippen LogP contribution in [0.1, 0.15) is 23.5 Å². The van der Waals surface area contributed by atoms with E-state index in [9.17, 15) is 4.79 Å². The quantitative estimate of drug-likeness (QED) is 0.693. The van der Waals surface area contributed by atoms with Gasteiger partial charge in [-0.25, -0.2) is 0 Å². The minimum atomic E-state index is 0.200. The molecule has 1 aromatic carbocycles. The van der Waals surface area contributed by atoms with Crippen LogP contribution < -0.4 is 0 Å². The Bertz CT molecular complexity index is 856. The third-order valence-corrected chi connectivity index (χ3v) is 7.00. The SMILES string of the molecule is CC(C)N1CCN(C(=O)c2cc3sc4ccccc4c3s2)CC1. The van der Waals surface area contributed by atoms with E-state index in [2.05, 4.69) is 49.1 Å². The van der Waals surface area contributed by atoms with Gasteiger partial charge in [-0.3, -0.25) is 9.69 Å². The number of benzene rings is 1. The number of hydrogen-bond donors (Lipinski definition) is 0. The number of amides is 1. The van der Waals surface area contributed by atoms with E-state index in [1.807, 2.05) is 4.90 Å². The molecule has 3 heterocycles. The Morgan fingerprint density at radius 3 is 2.52 bits per heavy atom. The lowest BCUT2D eigenvalue weighted by Gasteiger charge is -2.36. The van der Waals surface area contributed by atoms with Gasteiger partial charge in [-0.2, -0.15) is 0 Å². The van der Waals surface area contributed by atoms with Crippen LogP contribution >= 0.6 is 22.7 Å². The van der Waals surface area contributed by atoms with Gasteiger partial charge in [0.05, 0.1) is 9.58 Å². The molecule has 1 aliphatic rings. The molecule has 3 aromatic rings. The molecule has 0 aliphatic carbocycles. The zero-order valence-corrected chi connectivity index (χ0v) is 15.0. The molecule has 0 radical (unpaired) electrons. The van der Waals surface area contributed by atoms with E-state index in [0.29, 0.717) is 6.04 Å². The molecular formula is C18H20N2OS2. The highest BCUT2D eigenvalue weighted by Gasteiger charge is 2.25. The Balaban J connectivity index is 1.58. The van der Waals surface area contributed by atoms with Crippen molar-refractivity contribution in [1.82, 2.24) is 9.80 Å². The van der Waals surface area contributed by atoms with Crippen molar-refractivity contribution in [2.24, 2.45) is 0 Å². The van der Waals surface area contributed by atoms with E-state index in [1.165, 1.54) is 19.5 Å². The highest BCUT2D eigenvalue weighted by Crippen LogP contribution is 2.39. The first-order chi connectivity index (χ1) is 11.1. The van der Waals surface area contributed by atoms with E-state index >= 15 is 0 Å². The topological polar surface area (TPSA) is 23.6 Å². The molecule has 0 unspecified atom stereocenters. The summed E-state index contributed by atoms with van der Waals surface area (Å²) in [6.45, 7) is 8.07. The summed E-state index contributed by atoms with van der Waals surface area (Å²) in [5, 5.41) is 1.28. The van der Waals surface area contributed by atoms with Crippen LogP contribution in [-0.2, 0) is 0 Å². The molecule has 1 saturated heterocycles. The standard InChI is InChI=1S/C18H20N2OS2/c1-12(2)19-7-9-20(10-8-19)18(21)16-11-15-17(23-16)13-5-3-4-6-14(13)22-15/h3-6,11-12H,7-10H2,1-2H3. The number of piperazine rings is 1. The Morgan fingerprint density at radius 2 is 1.78 bits per heavy atom. The predicted molar refractivity (Wildman–Crippen MR) is 99.8 cm³/mol. The van der Waals surface area contributed by atoms with Gasteiger partial charge in [-0.05, 0) is 26.0 Å². The lowest BCUT2D eigenvalue weighted by atomic mass is 10.2. The number of carbonyl (C=O) groups is 1. The zero-order valence-electron chi connectivity index (χ0n) is 13.4. The number of rotatable bonds is 2. The average molecular weight is 345 g/mol. The molecule has 1 amide bonds. The van der Waals surface area contributed by atoms with Gasteiger partial charge in [0.25, 0.3) is 5.91 Å². The van der Waals surface area contributed by atoms with Crippen molar-refractivity contribution in [1.29, 1.82) is 0 Å². The lowest BCUT2D eigenvalue weighted by Crippen LogP contribution is -2.50. The highest BCUT2D eigenvalue weighted by molar-refractivity contribution is 7.33. The molecule has 0 bridgehead atoms. The minimum absolute atomic E-state index is 0.200. The second kappa shape index (κ2) is 5.89. The summed E-state index contributed by atoms with van der Waals surface area (Å²) < 4.78 is 3.80. The van der Waals surface area contributed by atoms with Crippen molar-refractivity contribution in [3.63, 3.8) is 0 Å². The van der Waals surface area contributed by atoms with Crippen LogP contribution in [0.4, 0.5) is 0 Å². The second-order valence-corrected chi connectivity index (χ2v) is 8.46. The third-order valence-electron chi connectivity index (χ3n) is 4.59. The van der Waals surface area contributed by atoms with Crippen molar-refractivity contribution in [2.75, 3.05) is 26.2 Å². The third kappa shape index (κ3) is 2.67. The Morgan fingerprint density at radius 1 is 1.04 bits per heavy atom. The largest absolute Gasteiger partial charge is 0.335 e. The number of carbonyl (C=O) groups excluding carboxylic acids is 1. The molecule has 0 N–H and O–H groups in total. The van der Waals surface area contributed by atoms with E-state index in [4.69, 9.17) is 0 Å². The van der Waals surface area contributed by atoms with Gasteiger partial charge in [-0.15, -0.1) is 22.7 Å². The van der Waals surface area contributed by atoms with Gasteiger partial charge in [0.2, 0.25) is 0 Å². The van der Waals surface area contributed by atoms with Crippen molar-refractivity contribution in [2.45, 2.75) is 19.9 Å².